The minimum absolute atomic E-state index is 0.685. The van der Waals surface area contributed by atoms with Gasteiger partial charge in [-0.15, -0.1) is 0 Å². The summed E-state index contributed by atoms with van der Waals surface area (Å²) in [6.45, 7) is 10.1. The molecule has 0 fully saturated rings. The van der Waals surface area contributed by atoms with Gasteiger partial charge < -0.3 is 9.64 Å². The summed E-state index contributed by atoms with van der Waals surface area (Å²) in [5.74, 6) is 0.870. The molecule has 0 aliphatic heterocycles. The average molecular weight is 348 g/mol. The van der Waals surface area contributed by atoms with E-state index in [1.54, 1.807) is 0 Å². The summed E-state index contributed by atoms with van der Waals surface area (Å²) in [7, 11) is 0. The topological polar surface area (TPSA) is 36.3 Å². The molecule has 0 N–H and O–H groups in total. The van der Waals surface area contributed by atoms with Gasteiger partial charge in [-0.1, -0.05) is 63.2 Å². The van der Waals surface area contributed by atoms with Gasteiger partial charge in [-0.25, -0.2) is 0 Å². The van der Waals surface area contributed by atoms with E-state index in [1.807, 2.05) is 54.6 Å². The molecular weight excluding hydrogens is 320 g/mol. The summed E-state index contributed by atoms with van der Waals surface area (Å²) in [6.07, 6.45) is 0.806. The number of rotatable bonds is 9. The normalized spacial score (nSPS) is 11.8. The molecule has 0 unspecified atom stereocenters. The van der Waals surface area contributed by atoms with Crippen LogP contribution in [-0.2, 0) is 0 Å². The Morgan fingerprint density at radius 2 is 1.58 bits per heavy atom. The van der Waals surface area contributed by atoms with Gasteiger partial charge in [0.1, 0.15) is 18.4 Å². The van der Waals surface area contributed by atoms with E-state index in [9.17, 15) is 5.26 Å². The molecular formula is C23H28N2O. The molecule has 136 valence electrons. The zero-order valence-electron chi connectivity index (χ0n) is 16.0. The Balaban J connectivity index is 2.15. The van der Waals surface area contributed by atoms with Gasteiger partial charge in [0.15, 0.2) is 0 Å². The minimum Gasteiger partial charge on any atom is -0.492 e. The van der Waals surface area contributed by atoms with Gasteiger partial charge in [0.05, 0.1) is 5.57 Å². The number of allylic oxidation sites excluding steroid dienone is 2. The molecule has 2 aromatic carbocycles. The van der Waals surface area contributed by atoms with Crippen molar-refractivity contribution in [2.24, 2.45) is 0 Å². The van der Waals surface area contributed by atoms with E-state index < -0.39 is 0 Å². The second-order valence-corrected chi connectivity index (χ2v) is 6.08. The molecule has 0 saturated heterocycles. The van der Waals surface area contributed by atoms with Crippen molar-refractivity contribution in [3.8, 4) is 11.8 Å². The summed E-state index contributed by atoms with van der Waals surface area (Å²) >= 11 is 0. The van der Waals surface area contributed by atoms with Crippen LogP contribution < -0.4 is 4.74 Å². The number of likely N-dealkylation sites (N-methyl/N-ethyl adjacent to an activating group) is 1. The Labute approximate surface area is 157 Å². The molecule has 0 saturated carbocycles. The molecule has 3 nitrogen and oxygen atoms in total. The van der Waals surface area contributed by atoms with Gasteiger partial charge in [0.25, 0.3) is 0 Å². The van der Waals surface area contributed by atoms with Gasteiger partial charge in [0, 0.05) is 6.54 Å². The number of benzene rings is 2. The highest BCUT2D eigenvalue weighted by Gasteiger charge is 2.10. The molecule has 0 aliphatic rings. The van der Waals surface area contributed by atoms with Crippen LogP contribution in [0.25, 0.3) is 11.1 Å². The number of hydrogen-bond acceptors (Lipinski definition) is 3. The molecule has 0 aromatic heterocycles. The van der Waals surface area contributed by atoms with Crippen LogP contribution in [0.4, 0.5) is 0 Å². The second kappa shape index (κ2) is 10.4. The first-order valence-electron chi connectivity index (χ1n) is 9.37. The predicted octanol–water partition coefficient (Wildman–Crippen LogP) is 5.25. The standard InChI is InChI=1S/C23H28N2O/c1-4-22(23(18-24)19-10-8-7-9-11-19)20-12-14-21(15-13-20)26-17-16-25(5-2)6-3/h7-15H,4-6,16-17H2,1-3H3/b23-22+. The summed E-state index contributed by atoms with van der Waals surface area (Å²) in [6, 6.07) is 20.3. The maximum atomic E-state index is 9.67. The summed E-state index contributed by atoms with van der Waals surface area (Å²) < 4.78 is 5.86. The molecule has 0 radical (unpaired) electrons. The van der Waals surface area contributed by atoms with Crippen molar-refractivity contribution in [3.63, 3.8) is 0 Å². The Kier molecular flexibility index (Phi) is 7.92. The van der Waals surface area contributed by atoms with Crippen molar-refractivity contribution in [2.75, 3.05) is 26.2 Å². The maximum Gasteiger partial charge on any atom is 0.119 e. The van der Waals surface area contributed by atoms with Crippen LogP contribution in [0.15, 0.2) is 54.6 Å². The highest BCUT2D eigenvalue weighted by Crippen LogP contribution is 2.29. The van der Waals surface area contributed by atoms with E-state index in [0.717, 1.165) is 54.1 Å². The van der Waals surface area contributed by atoms with Crippen LogP contribution in [0.2, 0.25) is 0 Å². The Morgan fingerprint density at radius 3 is 2.12 bits per heavy atom. The molecule has 26 heavy (non-hydrogen) atoms. The van der Waals surface area contributed by atoms with E-state index in [2.05, 4.69) is 31.7 Å². The highest BCUT2D eigenvalue weighted by molar-refractivity contribution is 5.97. The Hall–Kier alpha value is -2.57. The lowest BCUT2D eigenvalue weighted by Gasteiger charge is -2.18. The highest BCUT2D eigenvalue weighted by atomic mass is 16.5. The molecule has 3 heteroatoms. The van der Waals surface area contributed by atoms with Gasteiger partial charge in [-0.05, 0) is 48.3 Å². The van der Waals surface area contributed by atoms with Crippen LogP contribution in [-0.4, -0.2) is 31.1 Å². The van der Waals surface area contributed by atoms with Gasteiger partial charge in [-0.2, -0.15) is 5.26 Å². The Bertz CT molecular complexity index is 738. The maximum absolute atomic E-state index is 9.67. The number of hydrogen-bond donors (Lipinski definition) is 0. The number of nitriles is 1. The molecule has 0 spiro atoms. The molecule has 0 atom stereocenters. The van der Waals surface area contributed by atoms with E-state index >= 15 is 0 Å². The van der Waals surface area contributed by atoms with Crippen LogP contribution in [0.5, 0.6) is 5.75 Å². The van der Waals surface area contributed by atoms with Crippen molar-refractivity contribution in [3.05, 3.63) is 65.7 Å². The van der Waals surface area contributed by atoms with Crippen molar-refractivity contribution in [1.29, 1.82) is 5.26 Å². The number of nitrogens with zero attached hydrogens (tertiary/aromatic N) is 2. The average Bonchev–Trinajstić information content (AvgIpc) is 2.70. The molecule has 0 aliphatic carbocycles. The number of ether oxygens (including phenoxy) is 1. The van der Waals surface area contributed by atoms with E-state index in [-0.39, 0.29) is 0 Å². The van der Waals surface area contributed by atoms with Crippen molar-refractivity contribution in [2.45, 2.75) is 27.2 Å². The fourth-order valence-electron chi connectivity index (χ4n) is 3.02. The lowest BCUT2D eigenvalue weighted by atomic mass is 9.94. The molecule has 0 heterocycles. The van der Waals surface area contributed by atoms with Crippen molar-refractivity contribution >= 4 is 11.1 Å². The first-order valence-corrected chi connectivity index (χ1v) is 9.37. The summed E-state index contributed by atoms with van der Waals surface area (Å²) in [4.78, 5) is 2.34. The zero-order valence-corrected chi connectivity index (χ0v) is 16.0. The minimum atomic E-state index is 0.685. The Morgan fingerprint density at radius 1 is 0.923 bits per heavy atom. The molecule has 2 aromatic rings. The first-order chi connectivity index (χ1) is 12.7. The third kappa shape index (κ3) is 5.21. The lowest BCUT2D eigenvalue weighted by Crippen LogP contribution is -2.27. The molecule has 0 amide bonds. The monoisotopic (exact) mass is 348 g/mol. The van der Waals surface area contributed by atoms with Crippen molar-refractivity contribution in [1.82, 2.24) is 4.90 Å². The summed E-state index contributed by atoms with van der Waals surface area (Å²) in [5, 5.41) is 9.67. The quantitative estimate of drug-likeness (QED) is 0.458. The fourth-order valence-corrected chi connectivity index (χ4v) is 3.02. The smallest absolute Gasteiger partial charge is 0.119 e. The zero-order chi connectivity index (χ0) is 18.8. The predicted molar refractivity (Wildman–Crippen MR) is 109 cm³/mol. The van der Waals surface area contributed by atoms with Crippen LogP contribution in [0.1, 0.15) is 38.3 Å². The van der Waals surface area contributed by atoms with Gasteiger partial charge >= 0.3 is 0 Å². The van der Waals surface area contributed by atoms with Crippen LogP contribution in [0, 0.1) is 11.3 Å². The van der Waals surface area contributed by atoms with E-state index in [1.165, 1.54) is 0 Å². The van der Waals surface area contributed by atoms with E-state index in [0.29, 0.717) is 6.61 Å². The molecule has 0 bridgehead atoms. The van der Waals surface area contributed by atoms with Crippen LogP contribution >= 0.6 is 0 Å². The fraction of sp³-hybridized carbons (Fsp3) is 0.348. The van der Waals surface area contributed by atoms with Gasteiger partial charge in [-0.3, -0.25) is 0 Å². The first kappa shape index (κ1) is 19.8. The largest absolute Gasteiger partial charge is 0.492 e. The van der Waals surface area contributed by atoms with Crippen molar-refractivity contribution < 1.29 is 4.74 Å². The SMILES string of the molecule is CC/C(=C(/C#N)c1ccccc1)c1ccc(OCCN(CC)CC)cc1. The van der Waals surface area contributed by atoms with Gasteiger partial charge in [0.2, 0.25) is 0 Å². The molecule has 2 rings (SSSR count). The van der Waals surface area contributed by atoms with E-state index in [4.69, 9.17) is 4.74 Å². The third-order valence-electron chi connectivity index (χ3n) is 4.60. The summed E-state index contributed by atoms with van der Waals surface area (Å²) in [5.41, 5.74) is 3.84. The lowest BCUT2D eigenvalue weighted by molar-refractivity contribution is 0.223. The second-order valence-electron chi connectivity index (χ2n) is 6.08. The van der Waals surface area contributed by atoms with Crippen LogP contribution in [0.3, 0.4) is 0 Å². The third-order valence-corrected chi connectivity index (χ3v) is 4.60.